The monoisotopic (exact) mass is 313 g/mol. The Labute approximate surface area is 126 Å². The maximum Gasteiger partial charge on any atom is 0.130 e. The quantitative estimate of drug-likeness (QED) is 0.847. The molecule has 0 saturated carbocycles. The summed E-state index contributed by atoms with van der Waals surface area (Å²) in [5.41, 5.74) is 0.231. The van der Waals surface area contributed by atoms with Gasteiger partial charge in [0.15, 0.2) is 0 Å². The van der Waals surface area contributed by atoms with Gasteiger partial charge in [0.2, 0.25) is 0 Å². The summed E-state index contributed by atoms with van der Waals surface area (Å²) in [7, 11) is 0. The number of hydrogen-bond acceptors (Lipinski definition) is 1. The van der Waals surface area contributed by atoms with Crippen LogP contribution in [-0.4, -0.2) is 6.54 Å². The van der Waals surface area contributed by atoms with Crippen LogP contribution in [0.1, 0.15) is 24.1 Å². The number of benzene rings is 2. The van der Waals surface area contributed by atoms with Gasteiger partial charge in [0.05, 0.1) is 0 Å². The van der Waals surface area contributed by atoms with Crippen LogP contribution >= 0.6 is 11.6 Å². The van der Waals surface area contributed by atoms with Gasteiger partial charge in [-0.3, -0.25) is 0 Å². The van der Waals surface area contributed by atoms with Gasteiger partial charge >= 0.3 is 0 Å². The van der Waals surface area contributed by atoms with Crippen molar-refractivity contribution in [2.45, 2.75) is 19.4 Å². The summed E-state index contributed by atoms with van der Waals surface area (Å²) in [5, 5.41) is 3.37. The van der Waals surface area contributed by atoms with E-state index in [-0.39, 0.29) is 12.0 Å². The number of likely N-dealkylation sites (N-methyl/N-ethyl adjacent to an activating group) is 1. The van der Waals surface area contributed by atoms with E-state index in [1.165, 1.54) is 36.4 Å². The first-order valence-electron chi connectivity index (χ1n) is 6.64. The Kier molecular flexibility index (Phi) is 5.26. The van der Waals surface area contributed by atoms with Gasteiger partial charge in [0, 0.05) is 16.6 Å². The third-order valence-electron chi connectivity index (χ3n) is 3.23. The normalized spacial score (nSPS) is 12.4. The Morgan fingerprint density at radius 3 is 2.33 bits per heavy atom. The van der Waals surface area contributed by atoms with Crippen molar-refractivity contribution >= 4 is 11.6 Å². The molecule has 0 aliphatic rings. The molecule has 0 aliphatic heterocycles. The Bertz CT molecular complexity index is 611. The van der Waals surface area contributed by atoms with Crippen molar-refractivity contribution in [3.63, 3.8) is 0 Å². The van der Waals surface area contributed by atoms with Crippen molar-refractivity contribution < 1.29 is 13.2 Å². The highest BCUT2D eigenvalue weighted by molar-refractivity contribution is 6.30. The molecule has 112 valence electrons. The van der Waals surface area contributed by atoms with Crippen molar-refractivity contribution in [2.24, 2.45) is 0 Å². The van der Waals surface area contributed by atoms with Crippen LogP contribution in [0, 0.1) is 17.5 Å². The molecule has 0 fully saturated rings. The lowest BCUT2D eigenvalue weighted by molar-refractivity contribution is 0.466. The molecule has 2 aromatic rings. The van der Waals surface area contributed by atoms with E-state index in [4.69, 9.17) is 11.6 Å². The maximum absolute atomic E-state index is 13.9. The van der Waals surface area contributed by atoms with Crippen molar-refractivity contribution in [1.29, 1.82) is 0 Å². The second kappa shape index (κ2) is 6.96. The Hall–Kier alpha value is -1.52. The lowest BCUT2D eigenvalue weighted by atomic mass is 9.97. The van der Waals surface area contributed by atoms with Gasteiger partial charge in [0.1, 0.15) is 17.5 Å². The van der Waals surface area contributed by atoms with Gasteiger partial charge in [-0.15, -0.1) is 0 Å². The molecule has 0 heterocycles. The van der Waals surface area contributed by atoms with Crippen molar-refractivity contribution in [1.82, 2.24) is 5.32 Å². The molecule has 1 N–H and O–H groups in total. The van der Waals surface area contributed by atoms with Gasteiger partial charge in [-0.25, -0.2) is 13.2 Å². The molecular weight excluding hydrogens is 299 g/mol. The zero-order valence-corrected chi connectivity index (χ0v) is 12.2. The Balaban J connectivity index is 2.38. The zero-order valence-electron chi connectivity index (χ0n) is 11.5. The molecule has 0 saturated heterocycles. The average Bonchev–Trinajstić information content (AvgIpc) is 2.43. The first kappa shape index (κ1) is 15.9. The molecule has 0 amide bonds. The van der Waals surface area contributed by atoms with E-state index in [1.807, 2.05) is 6.92 Å². The molecule has 0 spiro atoms. The third kappa shape index (κ3) is 3.77. The summed E-state index contributed by atoms with van der Waals surface area (Å²) >= 11 is 5.85. The fourth-order valence-electron chi connectivity index (χ4n) is 2.29. The molecule has 1 atom stereocenters. The Morgan fingerprint density at radius 2 is 1.71 bits per heavy atom. The molecule has 0 aromatic heterocycles. The molecule has 5 heteroatoms. The van der Waals surface area contributed by atoms with E-state index in [9.17, 15) is 13.2 Å². The van der Waals surface area contributed by atoms with E-state index in [0.717, 1.165) is 0 Å². The molecule has 0 bridgehead atoms. The molecule has 21 heavy (non-hydrogen) atoms. The maximum atomic E-state index is 13.9. The van der Waals surface area contributed by atoms with E-state index in [1.54, 1.807) is 0 Å². The molecular formula is C16H15ClF3N. The smallest absolute Gasteiger partial charge is 0.130 e. The number of hydrogen-bond donors (Lipinski definition) is 1. The topological polar surface area (TPSA) is 12.0 Å². The van der Waals surface area contributed by atoms with Crippen LogP contribution in [0.5, 0.6) is 0 Å². The average molecular weight is 314 g/mol. The summed E-state index contributed by atoms with van der Waals surface area (Å²) in [6.45, 7) is 2.32. The number of nitrogens with one attached hydrogen (secondary N) is 1. The van der Waals surface area contributed by atoms with Crippen LogP contribution in [0.3, 0.4) is 0 Å². The first-order chi connectivity index (χ1) is 10.0. The van der Waals surface area contributed by atoms with Gasteiger partial charge < -0.3 is 5.32 Å². The minimum Gasteiger partial charge on any atom is -0.310 e. The highest BCUT2D eigenvalue weighted by atomic mass is 35.5. The van der Waals surface area contributed by atoms with Gasteiger partial charge in [-0.2, -0.15) is 0 Å². The molecule has 2 aromatic carbocycles. The van der Waals surface area contributed by atoms with Crippen LogP contribution in [0.15, 0.2) is 36.4 Å². The number of halogens is 4. The molecule has 1 unspecified atom stereocenters. The van der Waals surface area contributed by atoms with E-state index < -0.39 is 23.5 Å². The summed E-state index contributed by atoms with van der Waals surface area (Å²) in [6.07, 6.45) is 0.109. The molecule has 0 radical (unpaired) electrons. The van der Waals surface area contributed by atoms with Gasteiger partial charge in [-0.1, -0.05) is 24.6 Å². The van der Waals surface area contributed by atoms with Crippen LogP contribution in [0.4, 0.5) is 13.2 Å². The largest absolute Gasteiger partial charge is 0.310 e. The first-order valence-corrected chi connectivity index (χ1v) is 7.02. The van der Waals surface area contributed by atoms with Crippen molar-refractivity contribution in [2.75, 3.05) is 6.54 Å². The predicted octanol–water partition coefficient (Wildman–Crippen LogP) is 4.65. The van der Waals surface area contributed by atoms with Crippen LogP contribution in [0.25, 0.3) is 0 Å². The fourth-order valence-corrected chi connectivity index (χ4v) is 2.48. The summed E-state index contributed by atoms with van der Waals surface area (Å²) in [6, 6.07) is 7.18. The van der Waals surface area contributed by atoms with E-state index in [2.05, 4.69) is 5.32 Å². The molecule has 2 rings (SSSR count). The minimum atomic E-state index is -0.663. The lowest BCUT2D eigenvalue weighted by Crippen LogP contribution is -2.25. The fraction of sp³-hybridized carbons (Fsp3) is 0.250. The van der Waals surface area contributed by atoms with Crippen molar-refractivity contribution in [3.8, 4) is 0 Å². The molecule has 0 aliphatic carbocycles. The Morgan fingerprint density at radius 1 is 1.05 bits per heavy atom. The minimum absolute atomic E-state index is 0.0845. The third-order valence-corrected chi connectivity index (χ3v) is 3.47. The summed E-state index contributed by atoms with van der Waals surface area (Å²) < 4.78 is 41.6. The van der Waals surface area contributed by atoms with E-state index in [0.29, 0.717) is 17.1 Å². The lowest BCUT2D eigenvalue weighted by Gasteiger charge is -2.20. The second-order valence-corrected chi connectivity index (χ2v) is 5.12. The standard InChI is InChI=1S/C16H15ClF3N/c1-2-21-15(16-13(19)4-3-5-14(16)20)9-10-8-11(17)6-7-12(10)18/h3-8,15,21H,2,9H2,1H3. The van der Waals surface area contributed by atoms with Gasteiger partial charge in [0.25, 0.3) is 0 Å². The predicted molar refractivity (Wildman–Crippen MR) is 77.9 cm³/mol. The van der Waals surface area contributed by atoms with Crippen LogP contribution < -0.4 is 5.32 Å². The van der Waals surface area contributed by atoms with E-state index >= 15 is 0 Å². The summed E-state index contributed by atoms with van der Waals surface area (Å²) in [5.74, 6) is -1.74. The number of rotatable bonds is 5. The van der Waals surface area contributed by atoms with Crippen LogP contribution in [0.2, 0.25) is 5.02 Å². The SMILES string of the molecule is CCNC(Cc1cc(Cl)ccc1F)c1c(F)cccc1F. The highest BCUT2D eigenvalue weighted by Gasteiger charge is 2.21. The molecule has 1 nitrogen and oxygen atoms in total. The van der Waals surface area contributed by atoms with Crippen molar-refractivity contribution in [3.05, 3.63) is 70.0 Å². The van der Waals surface area contributed by atoms with Gasteiger partial charge in [-0.05, 0) is 48.9 Å². The van der Waals surface area contributed by atoms with Crippen LogP contribution in [-0.2, 0) is 6.42 Å². The zero-order chi connectivity index (χ0) is 15.4. The summed E-state index contributed by atoms with van der Waals surface area (Å²) in [4.78, 5) is 0. The second-order valence-electron chi connectivity index (χ2n) is 4.69. The highest BCUT2D eigenvalue weighted by Crippen LogP contribution is 2.26.